The number of aromatic amines is 1. The fraction of sp³-hybridized carbons (Fsp3) is 0.333. The van der Waals surface area contributed by atoms with Crippen LogP contribution in [0, 0.1) is 5.92 Å². The molecule has 134 valence electrons. The fourth-order valence-corrected chi connectivity index (χ4v) is 3.46. The molecule has 3 aromatic rings. The van der Waals surface area contributed by atoms with E-state index in [4.69, 9.17) is 10.5 Å². The van der Waals surface area contributed by atoms with E-state index >= 15 is 0 Å². The summed E-state index contributed by atoms with van der Waals surface area (Å²) in [5, 5.41) is 0.968. The van der Waals surface area contributed by atoms with Crippen molar-refractivity contribution in [1.29, 1.82) is 0 Å². The van der Waals surface area contributed by atoms with Gasteiger partial charge in [-0.05, 0) is 25.5 Å². The number of carbonyl (C=O) groups is 1. The van der Waals surface area contributed by atoms with Crippen LogP contribution >= 0.6 is 0 Å². The van der Waals surface area contributed by atoms with Crippen LogP contribution in [0.4, 0.5) is 11.6 Å². The smallest absolute Gasteiger partial charge is 0.310 e. The molecule has 8 nitrogen and oxygen atoms in total. The highest BCUT2D eigenvalue weighted by molar-refractivity contribution is 6.02. The van der Waals surface area contributed by atoms with Crippen molar-refractivity contribution in [3.8, 4) is 11.3 Å². The molecule has 0 aliphatic carbocycles. The van der Waals surface area contributed by atoms with Gasteiger partial charge in [0.15, 0.2) is 0 Å². The van der Waals surface area contributed by atoms with E-state index < -0.39 is 0 Å². The first kappa shape index (κ1) is 16.3. The number of H-pyrrole nitrogens is 1. The number of rotatable bonds is 4. The molecule has 0 spiro atoms. The summed E-state index contributed by atoms with van der Waals surface area (Å²) >= 11 is 0. The minimum atomic E-state index is -0.127. The van der Waals surface area contributed by atoms with Gasteiger partial charge in [0.05, 0.1) is 29.3 Å². The van der Waals surface area contributed by atoms with Crippen molar-refractivity contribution in [2.75, 3.05) is 30.3 Å². The summed E-state index contributed by atoms with van der Waals surface area (Å²) in [7, 11) is 0. The van der Waals surface area contributed by atoms with Crippen LogP contribution in [0.15, 0.2) is 30.7 Å². The number of nitrogens with two attached hydrogens (primary N) is 1. The molecule has 0 bridgehead atoms. The number of esters is 1. The Morgan fingerprint density at radius 3 is 3.04 bits per heavy atom. The van der Waals surface area contributed by atoms with Crippen molar-refractivity contribution in [2.24, 2.45) is 5.92 Å². The molecule has 26 heavy (non-hydrogen) atoms. The van der Waals surface area contributed by atoms with E-state index in [1.165, 1.54) is 0 Å². The Bertz CT molecular complexity index is 954. The maximum absolute atomic E-state index is 12.1. The monoisotopic (exact) mass is 352 g/mol. The Hall–Kier alpha value is -3.16. The van der Waals surface area contributed by atoms with Gasteiger partial charge in [0.1, 0.15) is 5.65 Å². The SMILES string of the molecule is CCOC(=O)[C@H]1CCN(c2ccnc3[nH]cc(-c4ccnc(N)n4)c23)C1. The lowest BCUT2D eigenvalue weighted by atomic mass is 10.1. The van der Waals surface area contributed by atoms with Crippen LogP contribution in [0.5, 0.6) is 0 Å². The summed E-state index contributed by atoms with van der Waals surface area (Å²) in [6, 6.07) is 3.79. The number of ether oxygens (including phenoxy) is 1. The number of aromatic nitrogens is 4. The lowest BCUT2D eigenvalue weighted by Gasteiger charge is -2.20. The van der Waals surface area contributed by atoms with E-state index in [1.807, 2.05) is 25.3 Å². The van der Waals surface area contributed by atoms with Crippen LogP contribution < -0.4 is 10.6 Å². The Morgan fingerprint density at radius 1 is 1.38 bits per heavy atom. The highest BCUT2D eigenvalue weighted by atomic mass is 16.5. The second kappa shape index (κ2) is 6.62. The van der Waals surface area contributed by atoms with Gasteiger partial charge in [-0.2, -0.15) is 0 Å². The molecule has 8 heteroatoms. The summed E-state index contributed by atoms with van der Waals surface area (Å²) in [4.78, 5) is 30.2. The molecular formula is C18H20N6O2. The van der Waals surface area contributed by atoms with E-state index in [-0.39, 0.29) is 17.8 Å². The molecule has 1 saturated heterocycles. The Kier molecular flexibility index (Phi) is 4.16. The van der Waals surface area contributed by atoms with Crippen molar-refractivity contribution in [1.82, 2.24) is 19.9 Å². The van der Waals surface area contributed by atoms with Gasteiger partial charge in [0, 0.05) is 37.2 Å². The molecule has 1 aliphatic rings. The highest BCUT2D eigenvalue weighted by Gasteiger charge is 2.31. The van der Waals surface area contributed by atoms with Crippen molar-refractivity contribution in [3.05, 3.63) is 30.7 Å². The quantitative estimate of drug-likeness (QED) is 0.691. The number of anilines is 2. The second-order valence-electron chi connectivity index (χ2n) is 6.24. The van der Waals surface area contributed by atoms with E-state index in [9.17, 15) is 4.79 Å². The standard InChI is InChI=1S/C18H20N6O2/c1-2-26-17(25)11-5-8-24(10-11)14-4-7-20-16-15(14)12(9-22-16)13-3-6-21-18(19)23-13/h3-4,6-7,9,11H,2,5,8,10H2,1H3,(H,20,22)(H2,19,21,23)/t11-/m0/s1. The molecule has 0 aromatic carbocycles. The Balaban J connectivity index is 1.73. The van der Waals surface area contributed by atoms with Gasteiger partial charge in [-0.25, -0.2) is 15.0 Å². The molecular weight excluding hydrogens is 332 g/mol. The summed E-state index contributed by atoms with van der Waals surface area (Å²) in [5.74, 6) is -0.000689. The molecule has 0 amide bonds. The van der Waals surface area contributed by atoms with Crippen LogP contribution in [-0.4, -0.2) is 45.6 Å². The van der Waals surface area contributed by atoms with Gasteiger partial charge in [0.2, 0.25) is 5.95 Å². The molecule has 3 N–H and O–H groups in total. The molecule has 4 heterocycles. The number of nitrogen functional groups attached to an aromatic ring is 1. The molecule has 0 radical (unpaired) electrons. The van der Waals surface area contributed by atoms with Gasteiger partial charge in [0.25, 0.3) is 0 Å². The number of nitrogens with one attached hydrogen (secondary N) is 1. The zero-order valence-electron chi connectivity index (χ0n) is 14.5. The minimum absolute atomic E-state index is 0.102. The third kappa shape index (κ3) is 2.83. The summed E-state index contributed by atoms with van der Waals surface area (Å²) in [6.45, 7) is 3.66. The van der Waals surface area contributed by atoms with Gasteiger partial charge in [-0.3, -0.25) is 4.79 Å². The average molecular weight is 352 g/mol. The van der Waals surface area contributed by atoms with Crippen molar-refractivity contribution in [3.63, 3.8) is 0 Å². The number of fused-ring (bicyclic) bond motifs is 1. The van der Waals surface area contributed by atoms with Crippen molar-refractivity contribution in [2.45, 2.75) is 13.3 Å². The Morgan fingerprint density at radius 2 is 2.23 bits per heavy atom. The van der Waals surface area contributed by atoms with E-state index in [0.717, 1.165) is 40.9 Å². The van der Waals surface area contributed by atoms with Crippen LogP contribution in [0.25, 0.3) is 22.3 Å². The predicted molar refractivity (Wildman–Crippen MR) is 98.5 cm³/mol. The van der Waals surface area contributed by atoms with Crippen LogP contribution in [0.3, 0.4) is 0 Å². The van der Waals surface area contributed by atoms with Gasteiger partial charge in [-0.15, -0.1) is 0 Å². The molecule has 1 fully saturated rings. The van der Waals surface area contributed by atoms with Crippen LogP contribution in [0.2, 0.25) is 0 Å². The first-order valence-corrected chi connectivity index (χ1v) is 8.64. The molecule has 3 aromatic heterocycles. The zero-order valence-corrected chi connectivity index (χ0v) is 14.5. The highest BCUT2D eigenvalue weighted by Crippen LogP contribution is 2.36. The van der Waals surface area contributed by atoms with Crippen LogP contribution in [-0.2, 0) is 9.53 Å². The number of nitrogens with zero attached hydrogens (tertiary/aromatic N) is 4. The largest absolute Gasteiger partial charge is 0.466 e. The van der Waals surface area contributed by atoms with Gasteiger partial charge >= 0.3 is 5.97 Å². The second-order valence-corrected chi connectivity index (χ2v) is 6.24. The van der Waals surface area contributed by atoms with E-state index in [2.05, 4.69) is 24.8 Å². The van der Waals surface area contributed by atoms with Crippen molar-refractivity contribution < 1.29 is 9.53 Å². The summed E-state index contributed by atoms with van der Waals surface area (Å²) < 4.78 is 5.17. The third-order valence-corrected chi connectivity index (χ3v) is 4.65. The van der Waals surface area contributed by atoms with Gasteiger partial charge in [-0.1, -0.05) is 0 Å². The van der Waals surface area contributed by atoms with Crippen LogP contribution in [0.1, 0.15) is 13.3 Å². The minimum Gasteiger partial charge on any atom is -0.466 e. The van der Waals surface area contributed by atoms with E-state index in [1.54, 1.807) is 12.4 Å². The lowest BCUT2D eigenvalue weighted by Crippen LogP contribution is -2.24. The maximum atomic E-state index is 12.1. The molecule has 0 unspecified atom stereocenters. The topological polar surface area (TPSA) is 110 Å². The third-order valence-electron chi connectivity index (χ3n) is 4.65. The number of hydrogen-bond acceptors (Lipinski definition) is 7. The molecule has 0 saturated carbocycles. The first-order valence-electron chi connectivity index (χ1n) is 8.64. The van der Waals surface area contributed by atoms with Gasteiger partial charge < -0.3 is 20.4 Å². The summed E-state index contributed by atoms with van der Waals surface area (Å²) in [6.07, 6.45) is 6.06. The zero-order chi connectivity index (χ0) is 18.1. The summed E-state index contributed by atoms with van der Waals surface area (Å²) in [5.41, 5.74) is 9.18. The Labute approximate surface area is 150 Å². The van der Waals surface area contributed by atoms with E-state index in [0.29, 0.717) is 13.2 Å². The number of carbonyl (C=O) groups excluding carboxylic acids is 1. The first-order chi connectivity index (χ1) is 12.7. The number of pyridine rings is 1. The lowest BCUT2D eigenvalue weighted by molar-refractivity contribution is -0.147. The average Bonchev–Trinajstić information content (AvgIpc) is 3.29. The number of hydrogen-bond donors (Lipinski definition) is 2. The molecule has 4 rings (SSSR count). The fourth-order valence-electron chi connectivity index (χ4n) is 3.46. The molecule has 1 aliphatic heterocycles. The molecule has 1 atom stereocenters. The normalized spacial score (nSPS) is 17.0. The maximum Gasteiger partial charge on any atom is 0.310 e. The predicted octanol–water partition coefficient (Wildman–Crippen LogP) is 1.99. The van der Waals surface area contributed by atoms with Crippen molar-refractivity contribution >= 4 is 28.6 Å².